The molecule has 2 aromatic heterocycles. The number of pyridine rings is 1. The van der Waals surface area contributed by atoms with Crippen molar-refractivity contribution >= 4 is 28.9 Å². The maximum Gasteiger partial charge on any atom is 0.320 e. The highest BCUT2D eigenvalue weighted by Crippen LogP contribution is 2.39. The third kappa shape index (κ3) is 9.54. The van der Waals surface area contributed by atoms with Crippen LogP contribution in [0.1, 0.15) is 108 Å². The van der Waals surface area contributed by atoms with E-state index in [0.29, 0.717) is 49.0 Å². The molecule has 1 aliphatic heterocycles. The number of nitrogens with zero attached hydrogens (tertiary/aromatic N) is 4. The summed E-state index contributed by atoms with van der Waals surface area (Å²) in [6.07, 6.45) is 6.27. The van der Waals surface area contributed by atoms with E-state index in [9.17, 15) is 4.79 Å². The average molecular weight is 710 g/mol. The minimum absolute atomic E-state index is 0.164. The first-order chi connectivity index (χ1) is 25.0. The van der Waals surface area contributed by atoms with Gasteiger partial charge in [0.05, 0.1) is 24.5 Å². The number of urea groups is 1. The molecular weight excluding hydrogens is 658 g/mol. The van der Waals surface area contributed by atoms with Gasteiger partial charge in [-0.2, -0.15) is 0 Å². The van der Waals surface area contributed by atoms with Gasteiger partial charge in [-0.3, -0.25) is 9.72 Å². The van der Waals surface area contributed by atoms with Crippen molar-refractivity contribution in [2.24, 2.45) is 10.4 Å². The highest BCUT2D eigenvalue weighted by molar-refractivity contribution is 6.09. The van der Waals surface area contributed by atoms with Gasteiger partial charge in [0.25, 0.3) is 0 Å². The zero-order chi connectivity index (χ0) is 36.7. The molecule has 6 rings (SSSR count). The molecule has 0 radical (unpaired) electrons. The number of carbonyl (C=O) groups excluding carboxylic acids is 1. The Labute approximate surface area is 305 Å². The van der Waals surface area contributed by atoms with Crippen molar-refractivity contribution in [3.63, 3.8) is 0 Å². The largest absolute Gasteiger partial charge is 0.491 e. The maximum absolute atomic E-state index is 13.6. The lowest BCUT2D eigenvalue weighted by molar-refractivity contribution is -0.165. The van der Waals surface area contributed by atoms with E-state index in [1.54, 1.807) is 0 Å². The predicted molar refractivity (Wildman–Crippen MR) is 201 cm³/mol. The Morgan fingerprint density at radius 2 is 1.83 bits per heavy atom. The molecule has 12 nitrogen and oxygen atoms in total. The van der Waals surface area contributed by atoms with E-state index in [-0.39, 0.29) is 36.8 Å². The summed E-state index contributed by atoms with van der Waals surface area (Å²) < 4.78 is 25.9. The van der Waals surface area contributed by atoms with Crippen molar-refractivity contribution in [1.29, 1.82) is 5.41 Å². The van der Waals surface area contributed by atoms with Crippen LogP contribution in [0.3, 0.4) is 0 Å². The molecule has 2 aliphatic rings. The summed E-state index contributed by atoms with van der Waals surface area (Å²) in [4.78, 5) is 18.4. The Bertz CT molecular complexity index is 1880. The normalized spacial score (nSPS) is 19.3. The monoisotopic (exact) mass is 709 g/mol. The quantitative estimate of drug-likeness (QED) is 0.0764. The van der Waals surface area contributed by atoms with Crippen LogP contribution in [0, 0.1) is 10.8 Å². The molecule has 0 spiro atoms. The molecule has 4 aromatic rings. The van der Waals surface area contributed by atoms with Gasteiger partial charge in [-0.25, -0.2) is 9.79 Å². The zero-order valence-electron chi connectivity index (χ0n) is 30.9. The molecule has 3 atom stereocenters. The summed E-state index contributed by atoms with van der Waals surface area (Å²) in [5.74, 6) is 2.86. The SMILES string of the molecule is CC(C)c1nnc2ccc(OC3CCC(NC(=O)NC(CC(=N)C(C)(C)C)=Nc4cccc(OCCOC5CCCCO5)c4)c4ccccc43)cn12. The van der Waals surface area contributed by atoms with Crippen LogP contribution in [-0.4, -0.2) is 58.3 Å². The lowest BCUT2D eigenvalue weighted by Gasteiger charge is -2.32. The maximum atomic E-state index is 13.6. The summed E-state index contributed by atoms with van der Waals surface area (Å²) >= 11 is 0. The number of amidine groups is 1. The fraction of sp³-hybridized carbons (Fsp3) is 0.475. The summed E-state index contributed by atoms with van der Waals surface area (Å²) in [6.45, 7) is 11.7. The molecule has 1 saturated heterocycles. The van der Waals surface area contributed by atoms with Crippen LogP contribution in [0.5, 0.6) is 11.5 Å². The van der Waals surface area contributed by atoms with Gasteiger partial charge >= 0.3 is 6.03 Å². The number of aromatic nitrogens is 3. The van der Waals surface area contributed by atoms with Gasteiger partial charge in [0.15, 0.2) is 11.9 Å². The molecule has 1 fully saturated rings. The molecule has 276 valence electrons. The van der Waals surface area contributed by atoms with Crippen molar-refractivity contribution in [3.05, 3.63) is 83.8 Å². The predicted octanol–water partition coefficient (Wildman–Crippen LogP) is 8.22. The van der Waals surface area contributed by atoms with Crippen LogP contribution in [0.2, 0.25) is 0 Å². The van der Waals surface area contributed by atoms with E-state index in [0.717, 1.165) is 54.2 Å². The Morgan fingerprint density at radius 3 is 2.60 bits per heavy atom. The topological polar surface area (TPSA) is 144 Å². The van der Waals surface area contributed by atoms with Crippen molar-refractivity contribution in [1.82, 2.24) is 25.2 Å². The van der Waals surface area contributed by atoms with Gasteiger partial charge < -0.3 is 29.7 Å². The summed E-state index contributed by atoms with van der Waals surface area (Å²) in [5.41, 5.74) is 3.49. The van der Waals surface area contributed by atoms with Crippen molar-refractivity contribution < 1.29 is 23.7 Å². The minimum atomic E-state index is -0.390. The highest BCUT2D eigenvalue weighted by Gasteiger charge is 2.30. The number of rotatable bonds is 12. The molecule has 3 N–H and O–H groups in total. The molecule has 3 heterocycles. The standard InChI is InChI=1S/C40H51N7O5/c1-26(2)38-46-45-36-19-16-29(25-47(36)38)52-33-18-17-32(30-13-6-7-14-31(30)33)43-39(48)44-35(24-34(41)40(3,4)5)42-27-11-10-12-28(23-27)49-21-22-51-37-15-8-9-20-50-37/h6-7,10-14,16,19,23,25-26,32-33,37,41H,8-9,15,17-18,20-22,24H2,1-5H3,(H2,42,43,44,48). The van der Waals surface area contributed by atoms with E-state index in [4.69, 9.17) is 29.3 Å². The molecule has 3 unspecified atom stereocenters. The smallest absolute Gasteiger partial charge is 0.320 e. The minimum Gasteiger partial charge on any atom is -0.491 e. The molecule has 0 bridgehead atoms. The molecular formula is C40H51N7O5. The highest BCUT2D eigenvalue weighted by atomic mass is 16.7. The van der Waals surface area contributed by atoms with Gasteiger partial charge in [0, 0.05) is 30.7 Å². The fourth-order valence-electron chi connectivity index (χ4n) is 6.39. The number of hydrogen-bond acceptors (Lipinski definition) is 9. The fourth-order valence-corrected chi connectivity index (χ4v) is 6.39. The number of aliphatic imine (C=N–C) groups is 1. The number of nitrogens with one attached hydrogen (secondary N) is 3. The van der Waals surface area contributed by atoms with E-state index in [1.807, 2.05) is 86.0 Å². The first-order valence-corrected chi connectivity index (χ1v) is 18.3. The number of ether oxygens (including phenoxy) is 4. The molecule has 0 saturated carbocycles. The first-order valence-electron chi connectivity index (χ1n) is 18.3. The lowest BCUT2D eigenvalue weighted by Crippen LogP contribution is -2.43. The van der Waals surface area contributed by atoms with E-state index < -0.39 is 5.41 Å². The number of benzene rings is 2. The van der Waals surface area contributed by atoms with Gasteiger partial charge in [-0.1, -0.05) is 65.0 Å². The van der Waals surface area contributed by atoms with Crippen LogP contribution in [0.25, 0.3) is 5.65 Å². The molecule has 2 amide bonds. The molecule has 12 heteroatoms. The van der Waals surface area contributed by atoms with Gasteiger partial charge in [-0.15, -0.1) is 10.2 Å². The van der Waals surface area contributed by atoms with E-state index >= 15 is 0 Å². The van der Waals surface area contributed by atoms with Crippen LogP contribution in [0.4, 0.5) is 10.5 Å². The number of hydrogen-bond donors (Lipinski definition) is 3. The second-order valence-corrected chi connectivity index (χ2v) is 14.7. The first kappa shape index (κ1) is 37.0. The van der Waals surface area contributed by atoms with Crippen LogP contribution in [0.15, 0.2) is 71.9 Å². The second kappa shape index (κ2) is 16.7. The third-order valence-corrected chi connectivity index (χ3v) is 9.32. The number of carbonyl (C=O) groups is 1. The lowest BCUT2D eigenvalue weighted by atomic mass is 9.85. The Hall–Kier alpha value is -4.81. The summed E-state index contributed by atoms with van der Waals surface area (Å²) in [7, 11) is 0. The van der Waals surface area contributed by atoms with Gasteiger partial charge in [0.1, 0.15) is 35.9 Å². The Balaban J connectivity index is 1.12. The third-order valence-electron chi connectivity index (χ3n) is 9.32. The van der Waals surface area contributed by atoms with Gasteiger partial charge in [-0.05, 0) is 72.9 Å². The van der Waals surface area contributed by atoms with Crippen molar-refractivity contribution in [2.75, 3.05) is 19.8 Å². The molecule has 2 aromatic carbocycles. The van der Waals surface area contributed by atoms with Gasteiger partial charge in [0.2, 0.25) is 0 Å². The zero-order valence-corrected chi connectivity index (χ0v) is 30.9. The van der Waals surface area contributed by atoms with Crippen LogP contribution in [-0.2, 0) is 9.47 Å². The van der Waals surface area contributed by atoms with Crippen molar-refractivity contribution in [2.45, 2.75) is 97.5 Å². The molecule has 1 aliphatic carbocycles. The Morgan fingerprint density at radius 1 is 1.00 bits per heavy atom. The Kier molecular flexibility index (Phi) is 11.9. The number of amides is 2. The van der Waals surface area contributed by atoms with E-state index in [2.05, 4.69) is 40.7 Å². The second-order valence-electron chi connectivity index (χ2n) is 14.7. The average Bonchev–Trinajstić information content (AvgIpc) is 3.55. The van der Waals surface area contributed by atoms with E-state index in [1.165, 1.54) is 0 Å². The van der Waals surface area contributed by atoms with Crippen molar-refractivity contribution in [3.8, 4) is 11.5 Å². The summed E-state index contributed by atoms with van der Waals surface area (Å²) in [6, 6.07) is 18.7. The number of fused-ring (bicyclic) bond motifs is 2. The summed E-state index contributed by atoms with van der Waals surface area (Å²) in [5, 5.41) is 23.5. The van der Waals surface area contributed by atoms with Crippen LogP contribution >= 0.6 is 0 Å². The molecule has 52 heavy (non-hydrogen) atoms. The van der Waals surface area contributed by atoms with Crippen LogP contribution < -0.4 is 20.1 Å².